The molecule has 2 N–H and O–H groups in total. The Balaban J connectivity index is 2.06. The van der Waals surface area contributed by atoms with Crippen LogP contribution in [0.15, 0.2) is 59.2 Å². The second-order valence-electron chi connectivity index (χ2n) is 4.67. The van der Waals surface area contributed by atoms with Crippen molar-refractivity contribution < 1.29 is 0 Å². The molecule has 1 heterocycles. The highest BCUT2D eigenvalue weighted by molar-refractivity contribution is 9.10. The summed E-state index contributed by atoms with van der Waals surface area (Å²) in [6.07, 6.45) is 2.09. The summed E-state index contributed by atoms with van der Waals surface area (Å²) in [5.74, 6) is 0. The zero-order valence-electron chi connectivity index (χ0n) is 10.7. The summed E-state index contributed by atoms with van der Waals surface area (Å²) in [5, 5.41) is 1.19. The fourth-order valence-corrected chi connectivity index (χ4v) is 2.82. The highest BCUT2D eigenvalue weighted by Crippen LogP contribution is 2.22. The third-order valence-electron chi connectivity index (χ3n) is 3.36. The number of rotatable bonds is 3. The van der Waals surface area contributed by atoms with E-state index in [0.717, 1.165) is 22.1 Å². The molecule has 2 aromatic carbocycles. The molecule has 20 heavy (non-hydrogen) atoms. The van der Waals surface area contributed by atoms with Crippen LogP contribution >= 0.6 is 28.1 Å². The number of hydrogen-bond acceptors (Lipinski definition) is 1. The maximum atomic E-state index is 5.71. The number of halogens is 1. The molecule has 3 rings (SSSR count). The molecule has 0 fully saturated rings. The monoisotopic (exact) mass is 344 g/mol. The van der Waals surface area contributed by atoms with Crippen molar-refractivity contribution >= 4 is 44.0 Å². The summed E-state index contributed by atoms with van der Waals surface area (Å²) in [6.45, 7) is 0.811. The van der Waals surface area contributed by atoms with E-state index in [1.165, 1.54) is 10.9 Å². The van der Waals surface area contributed by atoms with Crippen LogP contribution in [0, 0.1) is 0 Å². The summed E-state index contributed by atoms with van der Waals surface area (Å²) in [7, 11) is 0. The minimum Gasteiger partial charge on any atom is -0.389 e. The van der Waals surface area contributed by atoms with Gasteiger partial charge in [-0.1, -0.05) is 58.5 Å². The second-order valence-corrected chi connectivity index (χ2v) is 5.97. The highest BCUT2D eigenvalue weighted by Gasteiger charge is 2.06. The Morgan fingerprint density at radius 1 is 1.15 bits per heavy atom. The smallest absolute Gasteiger partial charge is 0.104 e. The van der Waals surface area contributed by atoms with Crippen molar-refractivity contribution in [1.29, 1.82) is 0 Å². The molecule has 4 heteroatoms. The molecular formula is C16H13BrN2S. The first-order chi connectivity index (χ1) is 9.65. The van der Waals surface area contributed by atoms with Gasteiger partial charge in [0.05, 0.1) is 0 Å². The number of benzene rings is 2. The maximum Gasteiger partial charge on any atom is 0.104 e. The van der Waals surface area contributed by atoms with Crippen LogP contribution in [0.4, 0.5) is 0 Å². The molecule has 0 unspecified atom stereocenters. The zero-order chi connectivity index (χ0) is 14.1. The molecule has 0 amide bonds. The zero-order valence-corrected chi connectivity index (χ0v) is 13.1. The van der Waals surface area contributed by atoms with Crippen molar-refractivity contribution in [1.82, 2.24) is 4.57 Å². The van der Waals surface area contributed by atoms with Gasteiger partial charge in [0, 0.05) is 28.3 Å². The standard InChI is InChI=1S/C16H13BrN2S/c17-14-4-2-1-3-13(14)10-19-8-7-11-5-6-12(16(18)20)9-15(11)19/h1-9H,10H2,(H2,18,20). The van der Waals surface area contributed by atoms with Crippen molar-refractivity contribution in [2.45, 2.75) is 6.54 Å². The number of thiocarbonyl (C=S) groups is 1. The van der Waals surface area contributed by atoms with Crippen LogP contribution in [-0.4, -0.2) is 9.56 Å². The van der Waals surface area contributed by atoms with E-state index in [1.807, 2.05) is 18.2 Å². The summed E-state index contributed by atoms with van der Waals surface area (Å²) in [6, 6.07) is 16.4. The Bertz CT molecular complexity index is 792. The third kappa shape index (κ3) is 2.49. The predicted octanol–water partition coefficient (Wildman–Crippen LogP) is 4.09. The van der Waals surface area contributed by atoms with Gasteiger partial charge in [-0.3, -0.25) is 0 Å². The van der Waals surface area contributed by atoms with Crippen LogP contribution in [-0.2, 0) is 6.54 Å². The SMILES string of the molecule is NC(=S)c1ccc2ccn(Cc3ccccc3Br)c2c1. The average Bonchev–Trinajstić information content (AvgIpc) is 2.84. The molecule has 0 aliphatic carbocycles. The quantitative estimate of drug-likeness (QED) is 0.725. The van der Waals surface area contributed by atoms with Crippen LogP contribution in [0.2, 0.25) is 0 Å². The lowest BCUT2D eigenvalue weighted by Gasteiger charge is -2.08. The maximum absolute atomic E-state index is 5.71. The summed E-state index contributed by atoms with van der Waals surface area (Å²) in [5.41, 5.74) is 9.00. The van der Waals surface area contributed by atoms with E-state index in [1.54, 1.807) is 0 Å². The summed E-state index contributed by atoms with van der Waals surface area (Å²) < 4.78 is 3.32. The van der Waals surface area contributed by atoms with Crippen molar-refractivity contribution in [3.63, 3.8) is 0 Å². The summed E-state index contributed by atoms with van der Waals surface area (Å²) in [4.78, 5) is 0.431. The number of hydrogen-bond donors (Lipinski definition) is 1. The van der Waals surface area contributed by atoms with Crippen molar-refractivity contribution in [3.8, 4) is 0 Å². The minimum absolute atomic E-state index is 0.431. The highest BCUT2D eigenvalue weighted by atomic mass is 79.9. The third-order valence-corrected chi connectivity index (χ3v) is 4.37. The number of nitrogens with zero attached hydrogens (tertiary/aromatic N) is 1. The lowest BCUT2D eigenvalue weighted by atomic mass is 10.1. The van der Waals surface area contributed by atoms with Gasteiger partial charge in [0.25, 0.3) is 0 Å². The molecule has 2 nitrogen and oxygen atoms in total. The number of aromatic nitrogens is 1. The molecule has 0 saturated carbocycles. The molecule has 0 aliphatic heterocycles. The van der Waals surface area contributed by atoms with E-state index < -0.39 is 0 Å². The van der Waals surface area contributed by atoms with E-state index in [9.17, 15) is 0 Å². The van der Waals surface area contributed by atoms with Gasteiger partial charge >= 0.3 is 0 Å². The molecule has 100 valence electrons. The van der Waals surface area contributed by atoms with Crippen molar-refractivity contribution in [2.24, 2.45) is 5.73 Å². The molecular weight excluding hydrogens is 332 g/mol. The van der Waals surface area contributed by atoms with E-state index in [-0.39, 0.29) is 0 Å². The molecule has 0 aliphatic rings. The minimum atomic E-state index is 0.431. The van der Waals surface area contributed by atoms with Crippen molar-refractivity contribution in [2.75, 3.05) is 0 Å². The first-order valence-electron chi connectivity index (χ1n) is 6.27. The van der Waals surface area contributed by atoms with Gasteiger partial charge in [0.15, 0.2) is 0 Å². The Kier molecular flexibility index (Phi) is 3.59. The van der Waals surface area contributed by atoms with Gasteiger partial charge in [0.2, 0.25) is 0 Å². The van der Waals surface area contributed by atoms with Gasteiger partial charge in [-0.15, -0.1) is 0 Å². The number of fused-ring (bicyclic) bond motifs is 1. The van der Waals surface area contributed by atoms with Crippen LogP contribution in [0.25, 0.3) is 10.9 Å². The predicted molar refractivity (Wildman–Crippen MR) is 91.1 cm³/mol. The fourth-order valence-electron chi connectivity index (χ4n) is 2.29. The van der Waals surface area contributed by atoms with Crippen LogP contribution in [0.5, 0.6) is 0 Å². The van der Waals surface area contributed by atoms with Gasteiger partial charge in [-0.2, -0.15) is 0 Å². The largest absolute Gasteiger partial charge is 0.389 e. The lowest BCUT2D eigenvalue weighted by Crippen LogP contribution is -2.09. The fraction of sp³-hybridized carbons (Fsp3) is 0.0625. The Morgan fingerprint density at radius 3 is 2.70 bits per heavy atom. The van der Waals surface area contributed by atoms with Crippen LogP contribution < -0.4 is 5.73 Å². The van der Waals surface area contributed by atoms with E-state index >= 15 is 0 Å². The molecule has 0 atom stereocenters. The number of nitrogens with two attached hydrogens (primary N) is 1. The Hall–Kier alpha value is -1.65. The first kappa shape index (κ1) is 13.3. The van der Waals surface area contributed by atoms with Crippen LogP contribution in [0.3, 0.4) is 0 Å². The molecule has 3 aromatic rings. The van der Waals surface area contributed by atoms with Gasteiger partial charge in [-0.25, -0.2) is 0 Å². The first-order valence-corrected chi connectivity index (χ1v) is 7.47. The summed E-state index contributed by atoms with van der Waals surface area (Å²) >= 11 is 8.64. The molecule has 0 radical (unpaired) electrons. The molecule has 0 saturated heterocycles. The Morgan fingerprint density at radius 2 is 1.95 bits per heavy atom. The van der Waals surface area contributed by atoms with Gasteiger partial charge in [0.1, 0.15) is 4.99 Å². The van der Waals surface area contributed by atoms with E-state index in [2.05, 4.69) is 57.0 Å². The van der Waals surface area contributed by atoms with E-state index in [0.29, 0.717) is 4.99 Å². The average molecular weight is 345 g/mol. The van der Waals surface area contributed by atoms with Gasteiger partial charge in [-0.05, 0) is 29.1 Å². The Labute approximate surface area is 131 Å². The molecule has 0 bridgehead atoms. The lowest BCUT2D eigenvalue weighted by molar-refractivity contribution is 0.833. The molecule has 0 spiro atoms. The van der Waals surface area contributed by atoms with Gasteiger partial charge < -0.3 is 10.3 Å². The van der Waals surface area contributed by atoms with E-state index in [4.69, 9.17) is 18.0 Å². The second kappa shape index (κ2) is 5.38. The molecule has 1 aromatic heterocycles. The van der Waals surface area contributed by atoms with Crippen LogP contribution in [0.1, 0.15) is 11.1 Å². The normalized spacial score (nSPS) is 10.8. The van der Waals surface area contributed by atoms with Crippen molar-refractivity contribution in [3.05, 3.63) is 70.3 Å². The topological polar surface area (TPSA) is 30.9 Å².